The number of halogens is 5. The number of amides is 1. The largest absolute Gasteiger partial charge is 0.488 e. The lowest BCUT2D eigenvalue weighted by molar-refractivity contribution is -0.137. The van der Waals surface area contributed by atoms with Crippen LogP contribution in [0.5, 0.6) is 5.75 Å². The van der Waals surface area contributed by atoms with Crippen LogP contribution in [0.2, 0.25) is 0 Å². The van der Waals surface area contributed by atoms with E-state index in [1.165, 1.54) is 24.3 Å². The molecule has 3 rings (SSSR count). The summed E-state index contributed by atoms with van der Waals surface area (Å²) in [5, 5.41) is 11.8. The molecule has 0 spiro atoms. The Hall–Kier alpha value is -3.64. The topological polar surface area (TPSA) is 62.1 Å². The van der Waals surface area contributed by atoms with E-state index in [4.69, 9.17) is 4.74 Å². The van der Waals surface area contributed by atoms with Gasteiger partial charge in [-0.25, -0.2) is 4.39 Å². The van der Waals surface area contributed by atoms with E-state index in [1.807, 2.05) is 0 Å². The lowest BCUT2D eigenvalue weighted by Gasteiger charge is -2.11. The second kappa shape index (κ2) is 10.3. The monoisotopic (exact) mass is 518 g/mol. The van der Waals surface area contributed by atoms with Gasteiger partial charge in [-0.05, 0) is 60.2 Å². The molecule has 0 radical (unpaired) electrons. The van der Waals surface area contributed by atoms with Crippen LogP contribution in [-0.4, -0.2) is 5.91 Å². The highest BCUT2D eigenvalue weighted by molar-refractivity contribution is 9.10. The van der Waals surface area contributed by atoms with Crippen molar-refractivity contribution in [2.75, 3.05) is 5.32 Å². The Bertz CT molecular complexity index is 1230. The van der Waals surface area contributed by atoms with Crippen LogP contribution in [0, 0.1) is 17.1 Å². The lowest BCUT2D eigenvalue weighted by atomic mass is 10.1. The van der Waals surface area contributed by atoms with Gasteiger partial charge in [0.2, 0.25) is 0 Å². The number of carbonyl (C=O) groups is 1. The van der Waals surface area contributed by atoms with Gasteiger partial charge < -0.3 is 10.1 Å². The molecule has 1 N–H and O–H groups in total. The van der Waals surface area contributed by atoms with Crippen molar-refractivity contribution in [3.63, 3.8) is 0 Å². The minimum atomic E-state index is -4.57. The van der Waals surface area contributed by atoms with Crippen molar-refractivity contribution in [2.45, 2.75) is 12.8 Å². The minimum Gasteiger partial charge on any atom is -0.488 e. The van der Waals surface area contributed by atoms with E-state index in [9.17, 15) is 27.6 Å². The molecule has 0 aromatic heterocycles. The van der Waals surface area contributed by atoms with Crippen molar-refractivity contribution in [1.29, 1.82) is 5.26 Å². The Morgan fingerprint density at radius 1 is 1.09 bits per heavy atom. The predicted molar refractivity (Wildman–Crippen MR) is 119 cm³/mol. The number of hydrogen-bond acceptors (Lipinski definition) is 3. The molecule has 1 amide bonds. The summed E-state index contributed by atoms with van der Waals surface area (Å²) in [7, 11) is 0. The Morgan fingerprint density at radius 3 is 2.48 bits per heavy atom. The number of benzene rings is 3. The van der Waals surface area contributed by atoms with E-state index in [2.05, 4.69) is 21.2 Å². The average Bonchev–Trinajstić information content (AvgIpc) is 2.77. The second-order valence-corrected chi connectivity index (χ2v) is 7.72. The van der Waals surface area contributed by atoms with Crippen molar-refractivity contribution in [1.82, 2.24) is 0 Å². The van der Waals surface area contributed by atoms with Gasteiger partial charge in [-0.1, -0.05) is 34.1 Å². The predicted octanol–water partition coefficient (Wildman–Crippen LogP) is 6.73. The smallest absolute Gasteiger partial charge is 0.416 e. The highest BCUT2D eigenvalue weighted by Gasteiger charge is 2.30. The number of nitrogens with zero attached hydrogens (tertiary/aromatic N) is 1. The van der Waals surface area contributed by atoms with Crippen LogP contribution in [0.4, 0.5) is 23.2 Å². The number of nitriles is 1. The summed E-state index contributed by atoms with van der Waals surface area (Å²) in [6.07, 6.45) is -3.30. The second-order valence-electron chi connectivity index (χ2n) is 6.80. The van der Waals surface area contributed by atoms with Crippen LogP contribution >= 0.6 is 15.9 Å². The van der Waals surface area contributed by atoms with Gasteiger partial charge in [-0.15, -0.1) is 0 Å². The number of anilines is 1. The van der Waals surface area contributed by atoms with Gasteiger partial charge >= 0.3 is 6.18 Å². The van der Waals surface area contributed by atoms with Crippen LogP contribution in [-0.2, 0) is 17.6 Å². The van der Waals surface area contributed by atoms with Gasteiger partial charge in [0.25, 0.3) is 5.91 Å². The van der Waals surface area contributed by atoms with Gasteiger partial charge in [0.1, 0.15) is 29.8 Å². The van der Waals surface area contributed by atoms with Gasteiger partial charge in [0.15, 0.2) is 0 Å². The molecule has 4 nitrogen and oxygen atoms in total. The van der Waals surface area contributed by atoms with E-state index >= 15 is 0 Å². The van der Waals surface area contributed by atoms with Crippen molar-refractivity contribution in [3.8, 4) is 11.8 Å². The highest BCUT2D eigenvalue weighted by Crippen LogP contribution is 2.31. The Labute approximate surface area is 195 Å². The summed E-state index contributed by atoms with van der Waals surface area (Å²) in [4.78, 5) is 12.5. The molecule has 0 saturated heterocycles. The van der Waals surface area contributed by atoms with Crippen molar-refractivity contribution < 1.29 is 27.1 Å². The number of nitrogens with one attached hydrogen (secondary N) is 1. The van der Waals surface area contributed by atoms with Crippen LogP contribution in [0.3, 0.4) is 0 Å². The van der Waals surface area contributed by atoms with Crippen LogP contribution < -0.4 is 10.1 Å². The Kier molecular flexibility index (Phi) is 7.51. The average molecular weight is 519 g/mol. The van der Waals surface area contributed by atoms with Crippen LogP contribution in [0.25, 0.3) is 6.08 Å². The zero-order chi connectivity index (χ0) is 24.0. The van der Waals surface area contributed by atoms with Gasteiger partial charge in [0, 0.05) is 15.7 Å². The van der Waals surface area contributed by atoms with E-state index in [0.717, 1.165) is 18.2 Å². The SMILES string of the molecule is N#C/C(=C\c1cc(Br)ccc1OCc1ccc(F)cc1)C(=O)Nc1cccc(C(F)(F)F)c1. The summed E-state index contributed by atoms with van der Waals surface area (Å²) >= 11 is 3.31. The third-order valence-electron chi connectivity index (χ3n) is 4.39. The van der Waals surface area contributed by atoms with Crippen molar-refractivity contribution >= 4 is 33.6 Å². The minimum absolute atomic E-state index is 0.0991. The maximum absolute atomic E-state index is 13.1. The summed E-state index contributed by atoms with van der Waals surface area (Å²) < 4.78 is 58.2. The molecular weight excluding hydrogens is 504 g/mol. The number of ether oxygens (including phenoxy) is 1. The van der Waals surface area contributed by atoms with E-state index < -0.39 is 17.6 Å². The molecule has 0 saturated carbocycles. The molecule has 9 heteroatoms. The fourth-order valence-corrected chi connectivity index (χ4v) is 3.16. The Morgan fingerprint density at radius 2 is 1.82 bits per heavy atom. The quantitative estimate of drug-likeness (QED) is 0.223. The first kappa shape index (κ1) is 24.0. The molecule has 33 heavy (non-hydrogen) atoms. The standard InChI is InChI=1S/C24H15BrF4N2O2/c25-19-6-9-22(33-14-15-4-7-20(26)8-5-15)16(11-19)10-17(13-30)23(32)31-21-3-1-2-18(12-21)24(27,28)29/h1-12H,14H2,(H,31,32)/b17-10+. The molecule has 0 aliphatic rings. The lowest BCUT2D eigenvalue weighted by Crippen LogP contribution is -2.14. The first-order valence-electron chi connectivity index (χ1n) is 9.43. The Balaban J connectivity index is 1.82. The third kappa shape index (κ3) is 6.67. The summed E-state index contributed by atoms with van der Waals surface area (Å²) in [6, 6.07) is 16.5. The maximum Gasteiger partial charge on any atom is 0.416 e. The first-order valence-corrected chi connectivity index (χ1v) is 10.2. The summed E-state index contributed by atoms with van der Waals surface area (Å²) in [6.45, 7) is 0.112. The van der Waals surface area contributed by atoms with E-state index in [-0.39, 0.29) is 23.7 Å². The molecule has 0 aliphatic carbocycles. The number of carbonyl (C=O) groups excluding carboxylic acids is 1. The van der Waals surface area contributed by atoms with Gasteiger partial charge in [-0.2, -0.15) is 18.4 Å². The molecule has 3 aromatic carbocycles. The first-order chi connectivity index (χ1) is 15.7. The maximum atomic E-state index is 13.1. The molecule has 3 aromatic rings. The molecule has 0 heterocycles. The fraction of sp³-hybridized carbons (Fsp3) is 0.0833. The number of hydrogen-bond donors (Lipinski definition) is 1. The van der Waals surface area contributed by atoms with E-state index in [0.29, 0.717) is 21.3 Å². The normalized spacial score (nSPS) is 11.6. The van der Waals surface area contributed by atoms with E-state index in [1.54, 1.807) is 36.4 Å². The summed E-state index contributed by atoms with van der Waals surface area (Å²) in [5.41, 5.74) is -0.263. The molecular formula is C24H15BrF4N2O2. The number of rotatable bonds is 6. The molecule has 0 bridgehead atoms. The molecule has 0 unspecified atom stereocenters. The van der Waals surface area contributed by atoms with Crippen molar-refractivity contribution in [3.05, 3.63) is 99.3 Å². The molecule has 0 atom stereocenters. The molecule has 0 fully saturated rings. The zero-order valence-electron chi connectivity index (χ0n) is 16.8. The highest BCUT2D eigenvalue weighted by atomic mass is 79.9. The molecule has 168 valence electrons. The zero-order valence-corrected chi connectivity index (χ0v) is 18.4. The van der Waals surface area contributed by atoms with Gasteiger partial charge in [-0.3, -0.25) is 4.79 Å². The van der Waals surface area contributed by atoms with Gasteiger partial charge in [0.05, 0.1) is 5.56 Å². The van der Waals surface area contributed by atoms with Crippen molar-refractivity contribution in [2.24, 2.45) is 0 Å². The van der Waals surface area contributed by atoms with Crippen LogP contribution in [0.15, 0.2) is 76.8 Å². The third-order valence-corrected chi connectivity index (χ3v) is 4.89. The van der Waals surface area contributed by atoms with Crippen LogP contribution in [0.1, 0.15) is 16.7 Å². The number of alkyl halides is 3. The fourth-order valence-electron chi connectivity index (χ4n) is 2.78. The summed E-state index contributed by atoms with van der Waals surface area (Å²) in [5.74, 6) is -0.903. The molecule has 0 aliphatic heterocycles.